The van der Waals surface area contributed by atoms with Gasteiger partial charge in [0.15, 0.2) is 0 Å². The number of anilines is 1. The number of rotatable bonds is 4. The number of hydrogen-bond donors (Lipinski definition) is 1. The van der Waals surface area contributed by atoms with E-state index >= 15 is 0 Å². The highest BCUT2D eigenvalue weighted by atomic mass is 32.1. The number of carbonyl (C=O) groups excluding carboxylic acids is 1. The highest BCUT2D eigenvalue weighted by Gasteiger charge is 2.35. The van der Waals surface area contributed by atoms with Crippen LogP contribution in [0.1, 0.15) is 39.6 Å². The van der Waals surface area contributed by atoms with Crippen molar-refractivity contribution in [3.05, 3.63) is 64.0 Å². The van der Waals surface area contributed by atoms with E-state index in [1.54, 1.807) is 5.51 Å². The van der Waals surface area contributed by atoms with Gasteiger partial charge < -0.3 is 5.32 Å². The third-order valence-electron chi connectivity index (χ3n) is 4.98. The lowest BCUT2D eigenvalue weighted by Crippen LogP contribution is -2.13. The number of carbonyl (C=O) groups is 1. The number of halogens is 3. The molecule has 2 aromatic carbocycles. The zero-order valence-corrected chi connectivity index (χ0v) is 17.0. The molecule has 0 spiro atoms. The van der Waals surface area contributed by atoms with Crippen LogP contribution >= 0.6 is 22.9 Å². The molecule has 0 unspecified atom stereocenters. The highest BCUT2D eigenvalue weighted by molar-refractivity contribution is 7.16. The van der Waals surface area contributed by atoms with Crippen LogP contribution in [0.25, 0.3) is 21.5 Å². The van der Waals surface area contributed by atoms with Gasteiger partial charge in [-0.25, -0.2) is 4.98 Å². The number of nitrogens with zero attached hydrogens (tertiary/aromatic N) is 2. The van der Waals surface area contributed by atoms with Crippen LogP contribution < -0.4 is 5.32 Å². The van der Waals surface area contributed by atoms with Crippen LogP contribution in [0.2, 0.25) is 0 Å². The molecule has 1 saturated carbocycles. The van der Waals surface area contributed by atoms with Crippen molar-refractivity contribution in [2.45, 2.75) is 24.9 Å². The molecule has 1 aliphatic carbocycles. The summed E-state index contributed by atoms with van der Waals surface area (Å²) in [5, 5.41) is 2.61. The van der Waals surface area contributed by atoms with Crippen LogP contribution in [0.3, 0.4) is 0 Å². The Morgan fingerprint density at radius 3 is 2.70 bits per heavy atom. The van der Waals surface area contributed by atoms with Gasteiger partial charge in [0.1, 0.15) is 4.88 Å². The maximum Gasteiger partial charge on any atom is 0.416 e. The molecule has 0 aliphatic heterocycles. The van der Waals surface area contributed by atoms with Gasteiger partial charge in [-0.1, -0.05) is 18.2 Å². The van der Waals surface area contributed by atoms with E-state index in [1.165, 1.54) is 23.5 Å². The summed E-state index contributed by atoms with van der Waals surface area (Å²) >= 11 is 2.62. The second-order valence-electron chi connectivity index (χ2n) is 7.09. The van der Waals surface area contributed by atoms with Gasteiger partial charge >= 0.3 is 6.18 Å². The van der Waals surface area contributed by atoms with Crippen molar-refractivity contribution >= 4 is 44.7 Å². The molecule has 2 aromatic heterocycles. The van der Waals surface area contributed by atoms with Crippen LogP contribution in [-0.2, 0) is 6.18 Å². The lowest BCUT2D eigenvalue weighted by atomic mass is 10.0. The predicted molar refractivity (Wildman–Crippen MR) is 112 cm³/mol. The minimum absolute atomic E-state index is 0.105. The Morgan fingerprint density at radius 1 is 1.13 bits per heavy atom. The van der Waals surface area contributed by atoms with Crippen LogP contribution in [0.15, 0.2) is 48.0 Å². The Bertz CT molecular complexity index is 1260. The SMILES string of the molecule is O=C(Nc1cccc(C(F)(F)F)c1)c1snc(-c2cccc3scnc23)c1C1CC1. The topological polar surface area (TPSA) is 54.9 Å². The summed E-state index contributed by atoms with van der Waals surface area (Å²) in [6, 6.07) is 10.5. The van der Waals surface area contributed by atoms with Crippen molar-refractivity contribution in [3.8, 4) is 11.3 Å². The van der Waals surface area contributed by atoms with E-state index in [1.807, 2.05) is 18.2 Å². The first kappa shape index (κ1) is 19.2. The van der Waals surface area contributed by atoms with Gasteiger partial charge in [0, 0.05) is 16.8 Å². The molecule has 9 heteroatoms. The molecular weight excluding hydrogens is 431 g/mol. The van der Waals surface area contributed by atoms with Gasteiger partial charge in [0.2, 0.25) is 0 Å². The summed E-state index contributed by atoms with van der Waals surface area (Å²) in [5.74, 6) is -0.208. The standard InChI is InChI=1S/C21H14F3N3OS2/c22-21(23,24)12-3-1-4-13(9-12)26-20(28)19-16(11-7-8-11)18(27-30-19)14-5-2-6-15-17(14)25-10-29-15/h1-6,9-11H,7-8H2,(H,26,28). The van der Waals surface area contributed by atoms with Gasteiger partial charge in [0.05, 0.1) is 27.0 Å². The molecule has 0 radical (unpaired) electrons. The van der Waals surface area contributed by atoms with Gasteiger partial charge in [-0.2, -0.15) is 17.5 Å². The molecular formula is C21H14F3N3OS2. The van der Waals surface area contributed by atoms with E-state index in [0.717, 1.165) is 63.5 Å². The Kier molecular flexibility index (Phi) is 4.59. The molecule has 4 aromatic rings. The fourth-order valence-electron chi connectivity index (χ4n) is 3.44. The third-order valence-corrected chi connectivity index (χ3v) is 6.64. The molecule has 2 heterocycles. The fourth-order valence-corrected chi connectivity index (χ4v) is 5.02. The van der Waals surface area contributed by atoms with Crippen molar-refractivity contribution < 1.29 is 18.0 Å². The maximum absolute atomic E-state index is 13.0. The van der Waals surface area contributed by atoms with Gasteiger partial charge in [0.25, 0.3) is 5.91 Å². The first-order valence-corrected chi connectivity index (χ1v) is 10.9. The molecule has 0 atom stereocenters. The van der Waals surface area contributed by atoms with Crippen molar-refractivity contribution in [2.24, 2.45) is 0 Å². The van der Waals surface area contributed by atoms with E-state index in [-0.39, 0.29) is 11.6 Å². The molecule has 1 N–H and O–H groups in total. The largest absolute Gasteiger partial charge is 0.416 e. The van der Waals surface area contributed by atoms with Crippen molar-refractivity contribution in [1.82, 2.24) is 9.36 Å². The summed E-state index contributed by atoms with van der Waals surface area (Å²) in [6.07, 6.45) is -2.55. The summed E-state index contributed by atoms with van der Waals surface area (Å²) in [5.41, 5.74) is 4.41. The highest BCUT2D eigenvalue weighted by Crippen LogP contribution is 2.48. The lowest BCUT2D eigenvalue weighted by molar-refractivity contribution is -0.137. The molecule has 152 valence electrons. The first-order chi connectivity index (χ1) is 14.4. The van der Waals surface area contributed by atoms with Crippen LogP contribution in [-0.4, -0.2) is 15.3 Å². The fraction of sp³-hybridized carbons (Fsp3) is 0.190. The number of thiazole rings is 1. The van der Waals surface area contributed by atoms with E-state index in [2.05, 4.69) is 14.7 Å². The molecule has 4 nitrogen and oxygen atoms in total. The minimum Gasteiger partial charge on any atom is -0.321 e. The number of aromatic nitrogens is 2. The summed E-state index contributed by atoms with van der Waals surface area (Å²) in [7, 11) is 0. The number of para-hydroxylation sites is 1. The Hall–Kier alpha value is -2.78. The van der Waals surface area contributed by atoms with E-state index < -0.39 is 17.6 Å². The van der Waals surface area contributed by atoms with E-state index in [4.69, 9.17) is 0 Å². The number of alkyl halides is 3. The minimum atomic E-state index is -4.47. The number of nitrogens with one attached hydrogen (secondary N) is 1. The lowest BCUT2D eigenvalue weighted by Gasteiger charge is -2.10. The number of benzene rings is 2. The summed E-state index contributed by atoms with van der Waals surface area (Å²) in [4.78, 5) is 17.8. The average Bonchev–Trinajstić information content (AvgIpc) is 3.26. The summed E-state index contributed by atoms with van der Waals surface area (Å²) < 4.78 is 44.5. The van der Waals surface area contributed by atoms with Gasteiger partial charge in [-0.15, -0.1) is 11.3 Å². The molecule has 1 fully saturated rings. The summed E-state index contributed by atoms with van der Waals surface area (Å²) in [6.45, 7) is 0. The van der Waals surface area contributed by atoms with Crippen molar-refractivity contribution in [2.75, 3.05) is 5.32 Å². The van der Waals surface area contributed by atoms with Crippen molar-refractivity contribution in [3.63, 3.8) is 0 Å². The smallest absolute Gasteiger partial charge is 0.321 e. The first-order valence-electron chi connectivity index (χ1n) is 9.22. The molecule has 5 rings (SSSR count). The normalized spacial score (nSPS) is 14.2. The van der Waals surface area contributed by atoms with Crippen LogP contribution in [0.5, 0.6) is 0 Å². The second kappa shape index (κ2) is 7.17. The number of hydrogen-bond acceptors (Lipinski definition) is 5. The zero-order chi connectivity index (χ0) is 20.9. The quantitative estimate of drug-likeness (QED) is 0.387. The van der Waals surface area contributed by atoms with Crippen molar-refractivity contribution in [1.29, 1.82) is 0 Å². The van der Waals surface area contributed by atoms with Crippen LogP contribution in [0, 0.1) is 0 Å². The molecule has 1 amide bonds. The van der Waals surface area contributed by atoms with Gasteiger partial charge in [-0.3, -0.25) is 4.79 Å². The Morgan fingerprint density at radius 2 is 1.93 bits per heavy atom. The Labute approximate surface area is 177 Å². The number of amides is 1. The third kappa shape index (κ3) is 3.48. The molecule has 0 bridgehead atoms. The predicted octanol–water partition coefficient (Wildman–Crippen LogP) is 6.57. The zero-order valence-electron chi connectivity index (χ0n) is 15.4. The molecule has 30 heavy (non-hydrogen) atoms. The Balaban J connectivity index is 1.52. The molecule has 0 saturated heterocycles. The monoisotopic (exact) mass is 445 g/mol. The number of fused-ring (bicyclic) bond motifs is 1. The molecule has 1 aliphatic rings. The van der Waals surface area contributed by atoms with E-state index in [0.29, 0.717) is 4.88 Å². The second-order valence-corrected chi connectivity index (χ2v) is 8.75. The maximum atomic E-state index is 13.0. The van der Waals surface area contributed by atoms with Crippen LogP contribution in [0.4, 0.5) is 18.9 Å². The van der Waals surface area contributed by atoms with Gasteiger partial charge in [-0.05, 0) is 54.6 Å². The van der Waals surface area contributed by atoms with E-state index in [9.17, 15) is 18.0 Å². The average molecular weight is 445 g/mol.